The molecular weight excluding hydrogens is 889 g/mol. The minimum absolute atomic E-state index is 0.105. The van der Waals surface area contributed by atoms with Crippen LogP contribution in [-0.4, -0.2) is 37.2 Å². The molecule has 0 aliphatic carbocycles. The van der Waals surface area contributed by atoms with E-state index >= 15 is 0 Å². The van der Waals surface area contributed by atoms with Crippen LogP contribution in [0.25, 0.3) is 0 Å². The highest BCUT2D eigenvalue weighted by atomic mass is 16.6. The summed E-state index contributed by atoms with van der Waals surface area (Å²) in [6.07, 6.45) is 79.3. The van der Waals surface area contributed by atoms with Gasteiger partial charge in [-0.25, -0.2) is 0 Å². The fraction of sp³-hybridized carbons (Fsp3) is 0.742. The van der Waals surface area contributed by atoms with Gasteiger partial charge in [-0.05, 0) is 83.5 Å². The van der Waals surface area contributed by atoms with Crippen molar-refractivity contribution in [2.24, 2.45) is 0 Å². The Hall–Kier alpha value is -3.41. The van der Waals surface area contributed by atoms with Crippen molar-refractivity contribution < 1.29 is 28.6 Å². The Kier molecular flexibility index (Phi) is 57.3. The minimum Gasteiger partial charge on any atom is -0.462 e. The maximum absolute atomic E-state index is 12.8. The number of allylic oxidation sites excluding steroid dienone is 14. The Balaban J connectivity index is 4.12. The maximum Gasteiger partial charge on any atom is 0.306 e. The molecule has 1 unspecified atom stereocenters. The zero-order valence-electron chi connectivity index (χ0n) is 47.4. The van der Waals surface area contributed by atoms with E-state index in [1.54, 1.807) is 0 Å². The smallest absolute Gasteiger partial charge is 0.306 e. The van der Waals surface area contributed by atoms with Crippen molar-refractivity contribution in [2.45, 2.75) is 303 Å². The average molecular weight is 1000 g/mol. The Morgan fingerprint density at radius 2 is 0.569 bits per heavy atom. The molecule has 0 aliphatic rings. The molecule has 1 atom stereocenters. The third kappa shape index (κ3) is 57.5. The van der Waals surface area contributed by atoms with Crippen molar-refractivity contribution in [1.29, 1.82) is 0 Å². The van der Waals surface area contributed by atoms with Crippen LogP contribution in [0.2, 0.25) is 0 Å². The van der Waals surface area contributed by atoms with Gasteiger partial charge in [0.2, 0.25) is 0 Å². The van der Waals surface area contributed by atoms with E-state index in [2.05, 4.69) is 99.8 Å². The van der Waals surface area contributed by atoms with Gasteiger partial charge in [0, 0.05) is 19.3 Å². The van der Waals surface area contributed by atoms with Gasteiger partial charge >= 0.3 is 17.9 Å². The highest BCUT2D eigenvalue weighted by Crippen LogP contribution is 2.16. The van der Waals surface area contributed by atoms with Crippen LogP contribution in [0.4, 0.5) is 0 Å². The topological polar surface area (TPSA) is 78.9 Å². The minimum atomic E-state index is -0.813. The molecule has 0 aromatic heterocycles. The Morgan fingerprint density at radius 3 is 0.903 bits per heavy atom. The summed E-state index contributed by atoms with van der Waals surface area (Å²) >= 11 is 0. The van der Waals surface area contributed by atoms with Crippen LogP contribution in [0.3, 0.4) is 0 Å². The molecule has 0 fully saturated rings. The molecule has 0 amide bonds. The van der Waals surface area contributed by atoms with Crippen LogP contribution in [0.15, 0.2) is 85.1 Å². The van der Waals surface area contributed by atoms with Crippen LogP contribution in [0.1, 0.15) is 297 Å². The number of ether oxygens (including phenoxy) is 3. The van der Waals surface area contributed by atoms with Crippen molar-refractivity contribution in [3.05, 3.63) is 85.1 Å². The summed E-state index contributed by atoms with van der Waals surface area (Å²) in [7, 11) is 0. The van der Waals surface area contributed by atoms with Crippen LogP contribution < -0.4 is 0 Å². The zero-order chi connectivity index (χ0) is 52.2. The van der Waals surface area contributed by atoms with E-state index in [1.807, 2.05) is 6.08 Å². The molecule has 0 N–H and O–H groups in total. The fourth-order valence-corrected chi connectivity index (χ4v) is 8.58. The SMILES string of the molecule is CC/C=C\C/C=C\C/C=C\C/C=C\C/C=C\C/C=C\CCC(=O)OC(COC(=O)CCCCCCCC)COC(=O)CCCCCCCCCCCCCCCCCCC/C=C\CCCCCCCCCC. The van der Waals surface area contributed by atoms with Crippen LogP contribution >= 0.6 is 0 Å². The largest absolute Gasteiger partial charge is 0.462 e. The molecule has 0 aromatic rings. The van der Waals surface area contributed by atoms with Crippen molar-refractivity contribution in [1.82, 2.24) is 0 Å². The number of rotatable bonds is 55. The first-order valence-corrected chi connectivity index (χ1v) is 30.6. The van der Waals surface area contributed by atoms with Crippen LogP contribution in [-0.2, 0) is 28.6 Å². The lowest BCUT2D eigenvalue weighted by atomic mass is 10.0. The average Bonchev–Trinajstić information content (AvgIpc) is 3.38. The lowest BCUT2D eigenvalue weighted by Gasteiger charge is -2.18. The van der Waals surface area contributed by atoms with Gasteiger partial charge in [-0.15, -0.1) is 0 Å². The number of hydrogen-bond acceptors (Lipinski definition) is 6. The molecule has 0 aliphatic heterocycles. The quantitative estimate of drug-likeness (QED) is 0.0261. The third-order valence-electron chi connectivity index (χ3n) is 13.1. The van der Waals surface area contributed by atoms with Crippen LogP contribution in [0, 0.1) is 0 Å². The molecule has 0 heterocycles. The molecule has 0 spiro atoms. The first-order valence-electron chi connectivity index (χ1n) is 30.6. The van der Waals surface area contributed by atoms with Crippen molar-refractivity contribution >= 4 is 17.9 Å². The normalized spacial score (nSPS) is 12.7. The van der Waals surface area contributed by atoms with E-state index in [9.17, 15) is 14.4 Å². The number of carbonyl (C=O) groups excluding carboxylic acids is 3. The van der Waals surface area contributed by atoms with Gasteiger partial charge in [-0.3, -0.25) is 14.4 Å². The van der Waals surface area contributed by atoms with E-state index in [4.69, 9.17) is 14.2 Å². The van der Waals surface area contributed by atoms with Crippen molar-refractivity contribution in [3.8, 4) is 0 Å². The molecule has 414 valence electrons. The van der Waals surface area contributed by atoms with Crippen molar-refractivity contribution in [2.75, 3.05) is 13.2 Å². The number of esters is 3. The summed E-state index contributed by atoms with van der Waals surface area (Å²) in [5, 5.41) is 0. The molecule has 72 heavy (non-hydrogen) atoms. The molecule has 0 bridgehead atoms. The number of hydrogen-bond donors (Lipinski definition) is 0. The van der Waals surface area contributed by atoms with Crippen molar-refractivity contribution in [3.63, 3.8) is 0 Å². The van der Waals surface area contributed by atoms with E-state index in [0.29, 0.717) is 19.3 Å². The van der Waals surface area contributed by atoms with E-state index in [0.717, 1.165) is 77.0 Å². The van der Waals surface area contributed by atoms with Gasteiger partial charge in [0.15, 0.2) is 6.10 Å². The molecule has 0 rings (SSSR count). The standard InChI is InChI=1S/C66H114O6/c1-4-7-10-13-16-18-20-22-24-26-28-29-30-31-32-33-34-35-36-37-39-40-42-44-46-48-50-53-56-59-65(68)71-62-63(61-70-64(67)58-55-52-15-12-9-6-3)72-66(69)60-57-54-51-49-47-45-43-41-38-27-25-23-21-19-17-14-11-8-5-2/h8,11,17,19,23,25-26,28,38,41,45,47,51,54,63H,4-7,9-10,12-16,18,20-22,24,27,29-37,39-40,42-44,46,48-50,52-53,55-62H2,1-3H3/b11-8-,19-17-,25-23-,28-26-,41-38-,47-45-,54-51-. The summed E-state index contributed by atoms with van der Waals surface area (Å²) in [5.74, 6) is -0.993. The first-order chi connectivity index (χ1) is 35.5. The van der Waals surface area contributed by atoms with Gasteiger partial charge < -0.3 is 14.2 Å². The van der Waals surface area contributed by atoms with Crippen LogP contribution in [0.5, 0.6) is 0 Å². The molecule has 6 nitrogen and oxygen atoms in total. The second kappa shape index (κ2) is 60.1. The molecule has 0 saturated carbocycles. The molecule has 0 saturated heterocycles. The first kappa shape index (κ1) is 68.6. The Labute approximate surface area is 445 Å². The monoisotopic (exact) mass is 1000 g/mol. The van der Waals surface area contributed by atoms with E-state index in [-0.39, 0.29) is 31.6 Å². The Morgan fingerprint density at radius 1 is 0.292 bits per heavy atom. The second-order valence-corrected chi connectivity index (χ2v) is 20.2. The predicted octanol–water partition coefficient (Wildman–Crippen LogP) is 20.7. The molecule has 6 heteroatoms. The van der Waals surface area contributed by atoms with E-state index < -0.39 is 12.1 Å². The zero-order valence-corrected chi connectivity index (χ0v) is 47.4. The second-order valence-electron chi connectivity index (χ2n) is 20.2. The summed E-state index contributed by atoms with van der Waals surface area (Å²) < 4.78 is 16.7. The molecular formula is C66H114O6. The predicted molar refractivity (Wildman–Crippen MR) is 311 cm³/mol. The van der Waals surface area contributed by atoms with E-state index in [1.165, 1.54) is 173 Å². The lowest BCUT2D eigenvalue weighted by molar-refractivity contribution is -0.166. The molecule has 0 radical (unpaired) electrons. The summed E-state index contributed by atoms with van der Waals surface area (Å²) in [6.45, 7) is 6.42. The van der Waals surface area contributed by atoms with Gasteiger partial charge in [-0.1, -0.05) is 279 Å². The van der Waals surface area contributed by atoms with Gasteiger partial charge in [-0.2, -0.15) is 0 Å². The summed E-state index contributed by atoms with van der Waals surface area (Å²) in [4.78, 5) is 37.9. The third-order valence-corrected chi connectivity index (χ3v) is 13.1. The number of carbonyl (C=O) groups is 3. The summed E-state index contributed by atoms with van der Waals surface area (Å²) in [5.41, 5.74) is 0. The Bertz CT molecular complexity index is 1380. The van der Waals surface area contributed by atoms with Gasteiger partial charge in [0.1, 0.15) is 13.2 Å². The maximum atomic E-state index is 12.8. The fourth-order valence-electron chi connectivity index (χ4n) is 8.58. The number of unbranched alkanes of at least 4 members (excludes halogenated alkanes) is 30. The van der Waals surface area contributed by atoms with Gasteiger partial charge in [0.05, 0.1) is 0 Å². The van der Waals surface area contributed by atoms with Gasteiger partial charge in [0.25, 0.3) is 0 Å². The summed E-state index contributed by atoms with van der Waals surface area (Å²) in [6, 6.07) is 0. The lowest BCUT2D eigenvalue weighted by Crippen LogP contribution is -2.30. The highest BCUT2D eigenvalue weighted by Gasteiger charge is 2.19. The highest BCUT2D eigenvalue weighted by molar-refractivity contribution is 5.71. The molecule has 0 aromatic carbocycles.